The van der Waals surface area contributed by atoms with Crippen LogP contribution in [0.15, 0.2) is 60.7 Å². The summed E-state index contributed by atoms with van der Waals surface area (Å²) in [7, 11) is 0. The molecule has 3 aromatic rings. The Balaban J connectivity index is 1.69. The van der Waals surface area contributed by atoms with E-state index in [4.69, 9.17) is 4.74 Å². The van der Waals surface area contributed by atoms with Crippen molar-refractivity contribution in [3.05, 3.63) is 71.8 Å². The second-order valence-corrected chi connectivity index (χ2v) is 6.30. The molecule has 1 unspecified atom stereocenters. The van der Waals surface area contributed by atoms with Crippen LogP contribution in [0.4, 0.5) is 5.69 Å². The quantitative estimate of drug-likeness (QED) is 0.663. The molecule has 0 spiro atoms. The highest BCUT2D eigenvalue weighted by atomic mass is 16.5. The van der Waals surface area contributed by atoms with Crippen LogP contribution in [0.3, 0.4) is 0 Å². The molecule has 5 heteroatoms. The molecule has 27 heavy (non-hydrogen) atoms. The van der Waals surface area contributed by atoms with Crippen molar-refractivity contribution in [1.82, 2.24) is 0 Å². The monoisotopic (exact) mass is 363 g/mol. The van der Waals surface area contributed by atoms with Crippen LogP contribution in [0.5, 0.6) is 5.75 Å². The van der Waals surface area contributed by atoms with E-state index in [0.717, 1.165) is 17.2 Å². The van der Waals surface area contributed by atoms with Crippen LogP contribution in [-0.4, -0.2) is 23.1 Å². The minimum Gasteiger partial charge on any atom is -0.507 e. The molecule has 0 aliphatic rings. The van der Waals surface area contributed by atoms with Gasteiger partial charge in [-0.05, 0) is 53.9 Å². The van der Waals surface area contributed by atoms with E-state index in [0.29, 0.717) is 5.69 Å². The predicted octanol–water partition coefficient (Wildman–Crippen LogP) is 4.29. The Bertz CT molecular complexity index is 979. The minimum atomic E-state index is -1.01. The third kappa shape index (κ3) is 4.26. The number of anilines is 1. The highest BCUT2D eigenvalue weighted by Gasteiger charge is 2.21. The Morgan fingerprint density at radius 3 is 2.30 bits per heavy atom. The van der Waals surface area contributed by atoms with Crippen LogP contribution < -0.4 is 5.32 Å². The van der Waals surface area contributed by atoms with Gasteiger partial charge in [0.15, 0.2) is 6.10 Å². The number of ether oxygens (including phenoxy) is 1. The molecule has 0 radical (unpaired) electrons. The van der Waals surface area contributed by atoms with Crippen molar-refractivity contribution in [3.8, 4) is 5.75 Å². The normalized spacial score (nSPS) is 11.8. The number of amides is 1. The number of fused-ring (bicyclic) bond motifs is 1. The first kappa shape index (κ1) is 18.5. The zero-order chi connectivity index (χ0) is 19.4. The van der Waals surface area contributed by atoms with Gasteiger partial charge in [0.05, 0.1) is 0 Å². The maximum absolute atomic E-state index is 12.4. The summed E-state index contributed by atoms with van der Waals surface area (Å²) in [6.07, 6.45) is -0.0912. The zero-order valence-electron chi connectivity index (χ0n) is 15.2. The molecule has 0 fully saturated rings. The van der Waals surface area contributed by atoms with Gasteiger partial charge in [-0.3, -0.25) is 4.79 Å². The van der Waals surface area contributed by atoms with Crippen molar-refractivity contribution < 1.29 is 19.4 Å². The molecule has 5 nitrogen and oxygen atoms in total. The Kier molecular flexibility index (Phi) is 5.41. The van der Waals surface area contributed by atoms with Crippen LogP contribution >= 0.6 is 0 Å². The van der Waals surface area contributed by atoms with E-state index in [1.165, 1.54) is 18.6 Å². The third-order valence-electron chi connectivity index (χ3n) is 4.37. The molecule has 0 aliphatic heterocycles. The summed E-state index contributed by atoms with van der Waals surface area (Å²) in [6, 6.07) is 17.9. The zero-order valence-corrected chi connectivity index (χ0v) is 15.2. The lowest BCUT2D eigenvalue weighted by Gasteiger charge is -2.14. The first-order valence-electron chi connectivity index (χ1n) is 8.80. The third-order valence-corrected chi connectivity index (χ3v) is 4.37. The number of aryl methyl sites for hydroxylation is 1. The molecular formula is C22H21NO4. The standard InChI is InChI=1S/C22H21NO4/c1-3-15-8-10-18(11-9-15)23-21(25)14(2)27-22(26)19-12-16-6-4-5-7-17(16)13-20(19)24/h4-14,24H,3H2,1-2H3,(H,23,25). The van der Waals surface area contributed by atoms with Crippen molar-refractivity contribution in [1.29, 1.82) is 0 Å². The Morgan fingerprint density at radius 2 is 1.67 bits per heavy atom. The molecule has 0 saturated carbocycles. The highest BCUT2D eigenvalue weighted by Crippen LogP contribution is 2.26. The van der Waals surface area contributed by atoms with Crippen LogP contribution in [0, 0.1) is 0 Å². The molecule has 3 aromatic carbocycles. The largest absolute Gasteiger partial charge is 0.507 e. The van der Waals surface area contributed by atoms with Gasteiger partial charge in [-0.15, -0.1) is 0 Å². The second-order valence-electron chi connectivity index (χ2n) is 6.30. The Morgan fingerprint density at radius 1 is 1.04 bits per heavy atom. The first-order chi connectivity index (χ1) is 13.0. The number of aromatic hydroxyl groups is 1. The van der Waals surface area contributed by atoms with Crippen LogP contribution in [0.1, 0.15) is 29.8 Å². The summed E-state index contributed by atoms with van der Waals surface area (Å²) in [4.78, 5) is 24.7. The van der Waals surface area contributed by atoms with Crippen molar-refractivity contribution >= 4 is 28.3 Å². The highest BCUT2D eigenvalue weighted by molar-refractivity contribution is 6.01. The van der Waals surface area contributed by atoms with Crippen molar-refractivity contribution in [3.63, 3.8) is 0 Å². The Hall–Kier alpha value is -3.34. The molecule has 2 N–H and O–H groups in total. The van der Waals surface area contributed by atoms with E-state index in [9.17, 15) is 14.7 Å². The lowest BCUT2D eigenvalue weighted by atomic mass is 10.1. The van der Waals surface area contributed by atoms with Crippen molar-refractivity contribution in [2.24, 2.45) is 0 Å². The lowest BCUT2D eigenvalue weighted by Crippen LogP contribution is -2.30. The molecule has 1 atom stereocenters. The fourth-order valence-corrected chi connectivity index (χ4v) is 2.74. The number of carbonyl (C=O) groups excluding carboxylic acids is 2. The summed E-state index contributed by atoms with van der Waals surface area (Å²) in [5.41, 5.74) is 1.83. The number of rotatable bonds is 5. The van der Waals surface area contributed by atoms with Gasteiger partial charge in [-0.2, -0.15) is 0 Å². The SMILES string of the molecule is CCc1ccc(NC(=O)C(C)OC(=O)c2cc3ccccc3cc2O)cc1. The smallest absolute Gasteiger partial charge is 0.342 e. The molecule has 0 aliphatic carbocycles. The minimum absolute atomic E-state index is 0.0284. The topological polar surface area (TPSA) is 75.6 Å². The van der Waals surface area contributed by atoms with Gasteiger partial charge in [-0.25, -0.2) is 4.79 Å². The van der Waals surface area contributed by atoms with Gasteiger partial charge < -0.3 is 15.2 Å². The van der Waals surface area contributed by atoms with E-state index in [1.807, 2.05) is 36.4 Å². The van der Waals surface area contributed by atoms with Crippen LogP contribution in [-0.2, 0) is 16.0 Å². The summed E-state index contributed by atoms with van der Waals surface area (Å²) in [6.45, 7) is 3.54. The lowest BCUT2D eigenvalue weighted by molar-refractivity contribution is -0.123. The number of benzene rings is 3. The number of phenolic OH excluding ortho intramolecular Hbond substituents is 1. The summed E-state index contributed by atoms with van der Waals surface area (Å²) in [5.74, 6) is -1.36. The fourth-order valence-electron chi connectivity index (χ4n) is 2.74. The summed E-state index contributed by atoms with van der Waals surface area (Å²) < 4.78 is 5.23. The van der Waals surface area contributed by atoms with E-state index in [-0.39, 0.29) is 11.3 Å². The van der Waals surface area contributed by atoms with E-state index < -0.39 is 18.0 Å². The maximum Gasteiger partial charge on any atom is 0.342 e. The van der Waals surface area contributed by atoms with Crippen LogP contribution in [0.2, 0.25) is 0 Å². The van der Waals surface area contributed by atoms with Gasteiger partial charge >= 0.3 is 5.97 Å². The average Bonchev–Trinajstić information content (AvgIpc) is 2.67. The first-order valence-corrected chi connectivity index (χ1v) is 8.80. The average molecular weight is 363 g/mol. The molecule has 1 amide bonds. The van der Waals surface area contributed by atoms with Gasteiger partial charge in [0.1, 0.15) is 11.3 Å². The van der Waals surface area contributed by atoms with Crippen molar-refractivity contribution in [2.75, 3.05) is 5.32 Å². The van der Waals surface area contributed by atoms with E-state index in [2.05, 4.69) is 12.2 Å². The van der Waals surface area contributed by atoms with Gasteiger partial charge in [0.2, 0.25) is 0 Å². The number of hydrogen-bond donors (Lipinski definition) is 2. The number of nitrogens with one attached hydrogen (secondary N) is 1. The molecule has 138 valence electrons. The molecule has 3 rings (SSSR count). The van der Waals surface area contributed by atoms with Gasteiger partial charge in [0.25, 0.3) is 5.91 Å². The number of hydrogen-bond acceptors (Lipinski definition) is 4. The van der Waals surface area contributed by atoms with Gasteiger partial charge in [0, 0.05) is 5.69 Å². The van der Waals surface area contributed by atoms with Crippen molar-refractivity contribution in [2.45, 2.75) is 26.4 Å². The number of esters is 1. The van der Waals surface area contributed by atoms with E-state index in [1.54, 1.807) is 18.2 Å². The summed E-state index contributed by atoms with van der Waals surface area (Å²) in [5, 5.41) is 14.4. The maximum atomic E-state index is 12.4. The summed E-state index contributed by atoms with van der Waals surface area (Å²) >= 11 is 0. The fraction of sp³-hybridized carbons (Fsp3) is 0.182. The second kappa shape index (κ2) is 7.91. The predicted molar refractivity (Wildman–Crippen MR) is 105 cm³/mol. The molecule has 0 bridgehead atoms. The molecule has 0 aromatic heterocycles. The van der Waals surface area contributed by atoms with Crippen LogP contribution in [0.25, 0.3) is 10.8 Å². The molecule has 0 saturated heterocycles. The number of phenols is 1. The molecule has 0 heterocycles. The molecular weight excluding hydrogens is 342 g/mol. The van der Waals surface area contributed by atoms with E-state index >= 15 is 0 Å². The number of carbonyl (C=O) groups is 2. The Labute approximate surface area is 157 Å². The van der Waals surface area contributed by atoms with Gasteiger partial charge in [-0.1, -0.05) is 43.3 Å².